The van der Waals surface area contributed by atoms with Gasteiger partial charge in [0.05, 0.1) is 28.4 Å². The van der Waals surface area contributed by atoms with Gasteiger partial charge in [-0.25, -0.2) is 14.8 Å². The van der Waals surface area contributed by atoms with E-state index in [4.69, 9.17) is 10.5 Å². The predicted molar refractivity (Wildman–Crippen MR) is 113 cm³/mol. The number of nitrogens with zero attached hydrogens (tertiary/aromatic N) is 5. The summed E-state index contributed by atoms with van der Waals surface area (Å²) in [5.41, 5.74) is 10.2. The van der Waals surface area contributed by atoms with Gasteiger partial charge in [0.1, 0.15) is 11.6 Å². The average Bonchev–Trinajstić information content (AvgIpc) is 3.44. The van der Waals surface area contributed by atoms with E-state index < -0.39 is 6.09 Å². The molecule has 1 aromatic carbocycles. The number of H-pyrrole nitrogens is 1. The van der Waals surface area contributed by atoms with E-state index >= 15 is 0 Å². The third kappa shape index (κ3) is 2.98. The number of carbonyl (C=O) groups excluding carboxylic acids is 1. The highest BCUT2D eigenvalue weighted by Crippen LogP contribution is 2.29. The molecule has 4 aromatic heterocycles. The zero-order valence-electron chi connectivity index (χ0n) is 16.0. The monoisotopic (exact) mass is 399 g/mol. The lowest BCUT2D eigenvalue weighted by Crippen LogP contribution is -2.29. The van der Waals surface area contributed by atoms with Crippen LogP contribution in [-0.4, -0.2) is 37.7 Å². The number of pyridine rings is 1. The second-order valence-electron chi connectivity index (χ2n) is 6.72. The van der Waals surface area contributed by atoms with Crippen molar-refractivity contribution in [3.05, 3.63) is 67.1 Å². The number of hydrogen-bond acceptors (Lipinski definition) is 6. The first kappa shape index (κ1) is 17.7. The van der Waals surface area contributed by atoms with Crippen LogP contribution in [0.2, 0.25) is 0 Å². The fourth-order valence-electron chi connectivity index (χ4n) is 3.29. The molecule has 9 heteroatoms. The molecule has 0 aliphatic rings. The molecule has 0 saturated heterocycles. The highest BCUT2D eigenvalue weighted by Gasteiger charge is 2.17. The number of aromatic amines is 1. The van der Waals surface area contributed by atoms with Crippen LogP contribution in [0.4, 0.5) is 16.4 Å². The van der Waals surface area contributed by atoms with Gasteiger partial charge in [0.15, 0.2) is 5.75 Å². The molecule has 0 bridgehead atoms. The van der Waals surface area contributed by atoms with Gasteiger partial charge in [0.25, 0.3) is 0 Å². The SMILES string of the molecule is CN(C(=O)Oc1cc2c(N)nc3cc(-c4ccn[nH]4)ccc3n2c1)c1ccccn1. The molecule has 3 N–H and O–H groups in total. The van der Waals surface area contributed by atoms with E-state index in [9.17, 15) is 4.79 Å². The van der Waals surface area contributed by atoms with Crippen LogP contribution in [0.5, 0.6) is 5.75 Å². The summed E-state index contributed by atoms with van der Waals surface area (Å²) in [6.07, 6.45) is 4.47. The Kier molecular flexibility index (Phi) is 4.06. The van der Waals surface area contributed by atoms with Crippen LogP contribution in [0.1, 0.15) is 0 Å². The number of ether oxygens (including phenoxy) is 1. The summed E-state index contributed by atoms with van der Waals surface area (Å²) in [5.74, 6) is 1.19. The van der Waals surface area contributed by atoms with Crippen LogP contribution in [0, 0.1) is 0 Å². The second-order valence-corrected chi connectivity index (χ2v) is 6.72. The molecule has 0 unspecified atom stereocenters. The molecule has 5 rings (SSSR count). The number of hydrogen-bond donors (Lipinski definition) is 2. The lowest BCUT2D eigenvalue weighted by Gasteiger charge is -2.14. The summed E-state index contributed by atoms with van der Waals surface area (Å²) in [4.78, 5) is 22.5. The van der Waals surface area contributed by atoms with Crippen molar-refractivity contribution in [1.29, 1.82) is 0 Å². The van der Waals surface area contributed by atoms with Crippen molar-refractivity contribution in [2.24, 2.45) is 0 Å². The number of nitrogens with two attached hydrogens (primary N) is 1. The van der Waals surface area contributed by atoms with Crippen LogP contribution in [0.15, 0.2) is 67.1 Å². The summed E-state index contributed by atoms with van der Waals surface area (Å²) in [6, 6.07) is 14.7. The number of benzene rings is 1. The van der Waals surface area contributed by atoms with E-state index in [1.165, 1.54) is 4.90 Å². The standard InChI is InChI=1S/C21H17N7O2/c1-27(19-4-2-3-8-23-19)21(29)30-14-11-18-20(22)25-16-10-13(15-7-9-24-26-15)5-6-17(16)28(18)12-14/h2-12H,1H3,(H2,22,25)(H,24,26). The van der Waals surface area contributed by atoms with Crippen LogP contribution in [0.25, 0.3) is 27.8 Å². The smallest absolute Gasteiger partial charge is 0.408 e. The molecule has 0 spiro atoms. The Morgan fingerprint density at radius 1 is 1.13 bits per heavy atom. The van der Waals surface area contributed by atoms with Gasteiger partial charge < -0.3 is 14.9 Å². The van der Waals surface area contributed by atoms with Crippen molar-refractivity contribution in [3.63, 3.8) is 0 Å². The van der Waals surface area contributed by atoms with Gasteiger partial charge in [-0.1, -0.05) is 12.1 Å². The molecule has 5 aromatic rings. The molecule has 0 aliphatic carbocycles. The summed E-state index contributed by atoms with van der Waals surface area (Å²) in [7, 11) is 1.60. The minimum atomic E-state index is -0.554. The number of nitrogens with one attached hydrogen (secondary N) is 1. The fraction of sp³-hybridized carbons (Fsp3) is 0.0476. The molecular formula is C21H17N7O2. The van der Waals surface area contributed by atoms with E-state index in [0.29, 0.717) is 28.4 Å². The molecule has 0 fully saturated rings. The highest BCUT2D eigenvalue weighted by molar-refractivity contribution is 5.90. The molecule has 0 aliphatic heterocycles. The van der Waals surface area contributed by atoms with Gasteiger partial charge in [0, 0.05) is 31.1 Å². The molecule has 1 amide bonds. The fourth-order valence-corrected chi connectivity index (χ4v) is 3.29. The van der Waals surface area contributed by atoms with E-state index in [0.717, 1.165) is 16.8 Å². The van der Waals surface area contributed by atoms with Gasteiger partial charge in [0.2, 0.25) is 0 Å². The number of anilines is 2. The zero-order valence-corrected chi connectivity index (χ0v) is 16.0. The summed E-state index contributed by atoms with van der Waals surface area (Å²) in [5, 5.41) is 6.92. The van der Waals surface area contributed by atoms with Crippen molar-refractivity contribution >= 4 is 34.3 Å². The Hall–Kier alpha value is -4.40. The van der Waals surface area contributed by atoms with Crippen LogP contribution in [-0.2, 0) is 0 Å². The zero-order chi connectivity index (χ0) is 20.7. The van der Waals surface area contributed by atoms with Crippen LogP contribution >= 0.6 is 0 Å². The summed E-state index contributed by atoms with van der Waals surface area (Å²) < 4.78 is 7.39. The normalized spacial score (nSPS) is 11.1. The predicted octanol–water partition coefficient (Wildman–Crippen LogP) is 3.49. The number of rotatable bonds is 3. The molecule has 0 saturated carbocycles. The van der Waals surface area contributed by atoms with Crippen molar-refractivity contribution < 1.29 is 9.53 Å². The Morgan fingerprint density at radius 2 is 2.03 bits per heavy atom. The topological polar surface area (TPSA) is 114 Å². The van der Waals surface area contributed by atoms with Crippen molar-refractivity contribution in [3.8, 4) is 17.0 Å². The van der Waals surface area contributed by atoms with Crippen LogP contribution in [0.3, 0.4) is 0 Å². The Bertz CT molecular complexity index is 1360. The summed E-state index contributed by atoms with van der Waals surface area (Å²) in [6.45, 7) is 0. The Morgan fingerprint density at radius 3 is 2.80 bits per heavy atom. The Balaban J connectivity index is 1.51. The molecule has 148 valence electrons. The number of fused-ring (bicyclic) bond motifs is 3. The Labute approximate surface area is 170 Å². The molecule has 0 atom stereocenters. The van der Waals surface area contributed by atoms with Crippen LogP contribution < -0.4 is 15.4 Å². The molecular weight excluding hydrogens is 382 g/mol. The lowest BCUT2D eigenvalue weighted by atomic mass is 10.1. The first-order valence-electron chi connectivity index (χ1n) is 9.18. The molecule has 0 radical (unpaired) electrons. The maximum Gasteiger partial charge on any atom is 0.420 e. The average molecular weight is 399 g/mol. The quantitative estimate of drug-likeness (QED) is 0.480. The first-order valence-corrected chi connectivity index (χ1v) is 9.18. The highest BCUT2D eigenvalue weighted by atomic mass is 16.6. The van der Waals surface area contributed by atoms with Gasteiger partial charge in [-0.05, 0) is 30.3 Å². The van der Waals surface area contributed by atoms with E-state index in [2.05, 4.69) is 20.2 Å². The maximum absolute atomic E-state index is 12.5. The number of nitrogen functional groups attached to an aromatic ring is 1. The van der Waals surface area contributed by atoms with Crippen molar-refractivity contribution in [2.75, 3.05) is 17.7 Å². The third-order valence-electron chi connectivity index (χ3n) is 4.82. The maximum atomic E-state index is 12.5. The van der Waals surface area contributed by atoms with Gasteiger partial charge in [-0.2, -0.15) is 5.10 Å². The molecule has 4 heterocycles. The van der Waals surface area contributed by atoms with Crippen molar-refractivity contribution in [2.45, 2.75) is 0 Å². The third-order valence-corrected chi connectivity index (χ3v) is 4.82. The molecule has 9 nitrogen and oxygen atoms in total. The second kappa shape index (κ2) is 6.89. The van der Waals surface area contributed by atoms with E-state index in [-0.39, 0.29) is 0 Å². The van der Waals surface area contributed by atoms with E-state index in [1.807, 2.05) is 28.7 Å². The molecule has 30 heavy (non-hydrogen) atoms. The lowest BCUT2D eigenvalue weighted by molar-refractivity contribution is 0.209. The number of carbonyl (C=O) groups is 1. The summed E-state index contributed by atoms with van der Waals surface area (Å²) >= 11 is 0. The largest absolute Gasteiger partial charge is 0.420 e. The minimum absolute atomic E-state index is 0.338. The van der Waals surface area contributed by atoms with Gasteiger partial charge in [-0.3, -0.25) is 10.00 Å². The minimum Gasteiger partial charge on any atom is -0.408 e. The van der Waals surface area contributed by atoms with E-state index in [1.54, 1.807) is 49.9 Å². The van der Waals surface area contributed by atoms with Crippen molar-refractivity contribution in [1.82, 2.24) is 24.6 Å². The van der Waals surface area contributed by atoms with Gasteiger partial charge in [-0.15, -0.1) is 0 Å². The van der Waals surface area contributed by atoms with Gasteiger partial charge >= 0.3 is 6.09 Å². The number of amides is 1. The first-order chi connectivity index (χ1) is 14.6. The number of aromatic nitrogens is 5.